The molecule has 0 aromatic rings. The molecule has 0 fully saturated rings. The van der Waals surface area contributed by atoms with Crippen molar-refractivity contribution in [3.63, 3.8) is 0 Å². The van der Waals surface area contributed by atoms with E-state index in [0.717, 1.165) is 83.5 Å². The zero-order valence-electron chi connectivity index (χ0n) is 38.4. The summed E-state index contributed by atoms with van der Waals surface area (Å²) in [6.45, 7) is 6.34. The van der Waals surface area contributed by atoms with Crippen LogP contribution < -0.4 is 5.32 Å². The van der Waals surface area contributed by atoms with Crippen LogP contribution in [0.5, 0.6) is 0 Å². The molecule has 6 heteroatoms. The van der Waals surface area contributed by atoms with E-state index in [1.54, 1.807) is 0 Å². The Labute approximate surface area is 359 Å². The van der Waals surface area contributed by atoms with Crippen molar-refractivity contribution in [1.82, 2.24) is 5.32 Å². The van der Waals surface area contributed by atoms with Gasteiger partial charge < -0.3 is 20.3 Å². The molecule has 0 aliphatic carbocycles. The molecular weight excluding hydrogens is 719 g/mol. The third-order valence-corrected chi connectivity index (χ3v) is 11.2. The van der Waals surface area contributed by atoms with E-state index in [9.17, 15) is 19.8 Å². The fraction of sp³-hybridized carbons (Fsp3) is 0.808. The molecule has 0 rings (SSSR count). The summed E-state index contributed by atoms with van der Waals surface area (Å²) in [5.74, 6) is -0.499. The molecule has 0 aromatic heterocycles. The Morgan fingerprint density at radius 3 is 1.53 bits per heavy atom. The summed E-state index contributed by atoms with van der Waals surface area (Å²) in [4.78, 5) is 26.1. The second-order valence-electron chi connectivity index (χ2n) is 16.9. The number of nitrogens with one attached hydrogen (secondary N) is 1. The number of amides is 1. The van der Waals surface area contributed by atoms with Gasteiger partial charge in [0.1, 0.15) is 6.10 Å². The van der Waals surface area contributed by atoms with Crippen LogP contribution in [0.15, 0.2) is 48.6 Å². The van der Waals surface area contributed by atoms with Gasteiger partial charge in [0.05, 0.1) is 25.2 Å². The lowest BCUT2D eigenvalue weighted by molar-refractivity contribution is -0.151. The lowest BCUT2D eigenvalue weighted by Gasteiger charge is -2.24. The largest absolute Gasteiger partial charge is 0.462 e. The molecule has 0 saturated heterocycles. The molecule has 1 amide bonds. The first-order chi connectivity index (χ1) is 28.5. The Bertz CT molecular complexity index is 1000. The van der Waals surface area contributed by atoms with Gasteiger partial charge in [0, 0.05) is 6.42 Å². The fourth-order valence-corrected chi connectivity index (χ4v) is 7.40. The average molecular weight is 814 g/mol. The number of aliphatic hydroxyl groups is 2. The SMILES string of the molecule is CC/C=C/C/C=C/CCCCCCCC(CC(=O)NC(CO)C(O)CCCCCCCCCCCCCC)OC(=O)CCCCCCCC/C=C/C=C/CCCCC. The van der Waals surface area contributed by atoms with Crippen LogP contribution in [0.2, 0.25) is 0 Å². The first-order valence-corrected chi connectivity index (χ1v) is 24.9. The van der Waals surface area contributed by atoms with Gasteiger partial charge >= 0.3 is 5.97 Å². The maximum absolute atomic E-state index is 13.2. The van der Waals surface area contributed by atoms with Gasteiger partial charge in [-0.25, -0.2) is 0 Å². The van der Waals surface area contributed by atoms with E-state index >= 15 is 0 Å². The van der Waals surface area contributed by atoms with Gasteiger partial charge in [-0.15, -0.1) is 0 Å². The van der Waals surface area contributed by atoms with E-state index in [0.29, 0.717) is 19.3 Å². The van der Waals surface area contributed by atoms with Gasteiger partial charge in [-0.2, -0.15) is 0 Å². The minimum Gasteiger partial charge on any atom is -0.462 e. The van der Waals surface area contributed by atoms with Crippen LogP contribution in [-0.4, -0.2) is 46.9 Å². The number of carbonyl (C=O) groups is 2. The van der Waals surface area contributed by atoms with Crippen molar-refractivity contribution in [2.24, 2.45) is 0 Å². The highest BCUT2D eigenvalue weighted by atomic mass is 16.5. The van der Waals surface area contributed by atoms with E-state index in [-0.39, 0.29) is 24.9 Å². The van der Waals surface area contributed by atoms with Crippen LogP contribution in [0, 0.1) is 0 Å². The first kappa shape index (κ1) is 55.8. The van der Waals surface area contributed by atoms with Gasteiger partial charge in [0.15, 0.2) is 0 Å². The van der Waals surface area contributed by atoms with Crippen LogP contribution in [-0.2, 0) is 14.3 Å². The van der Waals surface area contributed by atoms with E-state index in [4.69, 9.17) is 4.74 Å². The number of hydrogen-bond donors (Lipinski definition) is 3. The Morgan fingerprint density at radius 1 is 0.534 bits per heavy atom. The van der Waals surface area contributed by atoms with Gasteiger partial charge in [-0.3, -0.25) is 9.59 Å². The zero-order valence-corrected chi connectivity index (χ0v) is 38.4. The predicted octanol–water partition coefficient (Wildman–Crippen LogP) is 14.7. The van der Waals surface area contributed by atoms with Crippen molar-refractivity contribution in [1.29, 1.82) is 0 Å². The Kier molecular flexibility index (Phi) is 44.2. The summed E-state index contributed by atoms with van der Waals surface area (Å²) in [7, 11) is 0. The van der Waals surface area contributed by atoms with E-state index < -0.39 is 18.2 Å². The quantitative estimate of drug-likeness (QED) is 0.0246. The van der Waals surface area contributed by atoms with Crippen molar-refractivity contribution >= 4 is 11.9 Å². The third-order valence-electron chi connectivity index (χ3n) is 11.2. The fourth-order valence-electron chi connectivity index (χ4n) is 7.40. The Hall–Kier alpha value is -2.18. The van der Waals surface area contributed by atoms with Crippen LogP contribution in [0.25, 0.3) is 0 Å². The minimum absolute atomic E-state index is 0.0634. The smallest absolute Gasteiger partial charge is 0.306 e. The molecule has 3 atom stereocenters. The summed E-state index contributed by atoms with van der Waals surface area (Å²) >= 11 is 0. The highest BCUT2D eigenvalue weighted by molar-refractivity contribution is 5.77. The molecule has 0 aromatic carbocycles. The number of rotatable bonds is 44. The average Bonchev–Trinajstić information content (AvgIpc) is 3.22. The number of carbonyl (C=O) groups excluding carboxylic acids is 2. The molecule has 338 valence electrons. The number of aliphatic hydroxyl groups excluding tert-OH is 2. The summed E-state index contributed by atoms with van der Waals surface area (Å²) in [5, 5.41) is 23.7. The number of ether oxygens (including phenoxy) is 1. The molecule has 0 heterocycles. The van der Waals surface area contributed by atoms with Crippen molar-refractivity contribution in [3.05, 3.63) is 48.6 Å². The van der Waals surface area contributed by atoms with Crippen molar-refractivity contribution in [2.45, 2.75) is 264 Å². The second kappa shape index (κ2) is 45.9. The number of allylic oxidation sites excluding steroid dienone is 8. The van der Waals surface area contributed by atoms with Crippen molar-refractivity contribution < 1.29 is 24.5 Å². The monoisotopic (exact) mass is 814 g/mol. The highest BCUT2D eigenvalue weighted by Crippen LogP contribution is 2.17. The standard InChI is InChI=1S/C52H95NO5/c1-4-7-10-13-16-19-22-25-26-27-30-33-36-39-42-45-52(57)58-48(43-40-37-34-31-28-23-20-17-14-11-8-5-2)46-51(56)53-49(47-54)50(55)44-41-38-35-32-29-24-21-18-15-12-9-6-3/h8,11,16-17,19-20,22,25,48-50,54-55H,4-7,9-10,12-15,18,21,23-24,26-47H2,1-3H3,(H,53,56)/b11-8+,19-16+,20-17+,25-22+. The summed E-state index contributed by atoms with van der Waals surface area (Å²) in [6.07, 6.45) is 54.5. The lowest BCUT2D eigenvalue weighted by atomic mass is 10.0. The maximum atomic E-state index is 13.2. The van der Waals surface area contributed by atoms with Gasteiger partial charge in [0.2, 0.25) is 5.91 Å². The molecule has 0 spiro atoms. The molecule has 0 bridgehead atoms. The van der Waals surface area contributed by atoms with E-state index in [2.05, 4.69) is 74.7 Å². The number of hydrogen-bond acceptors (Lipinski definition) is 5. The third kappa shape index (κ3) is 40.6. The zero-order chi connectivity index (χ0) is 42.4. The number of unbranched alkanes of at least 4 members (excludes halogenated alkanes) is 25. The molecule has 58 heavy (non-hydrogen) atoms. The first-order valence-electron chi connectivity index (χ1n) is 24.9. The topological polar surface area (TPSA) is 95.9 Å². The molecule has 0 radical (unpaired) electrons. The second-order valence-corrected chi connectivity index (χ2v) is 16.9. The Balaban J connectivity index is 4.59. The summed E-state index contributed by atoms with van der Waals surface area (Å²) < 4.78 is 5.91. The molecule has 0 aliphatic heterocycles. The normalized spacial score (nSPS) is 13.7. The van der Waals surface area contributed by atoms with Crippen molar-refractivity contribution in [3.8, 4) is 0 Å². The molecule has 0 aliphatic rings. The van der Waals surface area contributed by atoms with E-state index in [1.165, 1.54) is 116 Å². The van der Waals surface area contributed by atoms with Crippen molar-refractivity contribution in [2.75, 3.05) is 6.61 Å². The molecular formula is C52H95NO5. The molecule has 3 N–H and O–H groups in total. The molecule has 3 unspecified atom stereocenters. The predicted molar refractivity (Wildman–Crippen MR) is 250 cm³/mol. The van der Waals surface area contributed by atoms with Gasteiger partial charge in [-0.1, -0.05) is 204 Å². The maximum Gasteiger partial charge on any atom is 0.306 e. The lowest BCUT2D eigenvalue weighted by Crippen LogP contribution is -2.46. The van der Waals surface area contributed by atoms with Crippen LogP contribution in [0.3, 0.4) is 0 Å². The number of esters is 1. The summed E-state index contributed by atoms with van der Waals surface area (Å²) in [5.41, 5.74) is 0. The van der Waals surface area contributed by atoms with E-state index in [1.807, 2.05) is 0 Å². The Morgan fingerprint density at radius 2 is 0.983 bits per heavy atom. The van der Waals surface area contributed by atoms with Gasteiger partial charge in [0.25, 0.3) is 0 Å². The summed E-state index contributed by atoms with van der Waals surface area (Å²) in [6, 6.07) is -0.707. The highest BCUT2D eigenvalue weighted by Gasteiger charge is 2.24. The van der Waals surface area contributed by atoms with Crippen LogP contribution >= 0.6 is 0 Å². The molecule has 6 nitrogen and oxygen atoms in total. The van der Waals surface area contributed by atoms with Gasteiger partial charge in [-0.05, 0) is 77.0 Å². The minimum atomic E-state index is -0.792. The van der Waals surface area contributed by atoms with Crippen LogP contribution in [0.1, 0.15) is 245 Å². The van der Waals surface area contributed by atoms with Crippen LogP contribution in [0.4, 0.5) is 0 Å². The molecule has 0 saturated carbocycles.